The minimum absolute atomic E-state index is 0.0932. The molecule has 38 heavy (non-hydrogen) atoms. The van der Waals surface area contributed by atoms with Gasteiger partial charge in [0.25, 0.3) is 11.6 Å². The first-order chi connectivity index (χ1) is 18.0. The number of carbonyl (C=O) groups excluding carboxylic acids is 2. The molecule has 0 spiro atoms. The number of oxazole rings is 1. The lowest BCUT2D eigenvalue weighted by molar-refractivity contribution is -0.384. The van der Waals surface area contributed by atoms with E-state index >= 15 is 0 Å². The van der Waals surface area contributed by atoms with Crippen LogP contribution in [-0.2, 0) is 4.74 Å². The van der Waals surface area contributed by atoms with Crippen LogP contribution in [0.2, 0.25) is 5.02 Å². The number of rotatable bonds is 10. The third-order valence-corrected chi connectivity index (χ3v) is 5.54. The molecule has 0 aliphatic rings. The first-order valence-corrected chi connectivity index (χ1v) is 12.2. The zero-order valence-corrected chi connectivity index (χ0v) is 22.2. The Morgan fingerprint density at radius 1 is 1.21 bits per heavy atom. The summed E-state index contributed by atoms with van der Waals surface area (Å²) in [6, 6.07) is 10.1. The SMILES string of the molecule is COc1cccc(Cl)c1C(=O)NC(CCCNC(=O)OC(C)(C)C)c1ncc(-c2cccc([N+](=O)[O-])c2)o1. The highest BCUT2D eigenvalue weighted by molar-refractivity contribution is 6.34. The number of benzene rings is 2. The van der Waals surface area contributed by atoms with E-state index in [4.69, 9.17) is 25.5 Å². The topological polar surface area (TPSA) is 146 Å². The number of halogens is 1. The summed E-state index contributed by atoms with van der Waals surface area (Å²) in [5.41, 5.74) is -0.110. The van der Waals surface area contributed by atoms with E-state index in [-0.39, 0.29) is 28.7 Å². The van der Waals surface area contributed by atoms with Gasteiger partial charge < -0.3 is 24.5 Å². The Kier molecular flexibility index (Phi) is 9.30. The summed E-state index contributed by atoms with van der Waals surface area (Å²) in [5.74, 6) is 0.269. The van der Waals surface area contributed by atoms with Crippen molar-refractivity contribution in [2.45, 2.75) is 45.3 Å². The van der Waals surface area contributed by atoms with Crippen LogP contribution in [0.15, 0.2) is 53.1 Å². The number of non-ortho nitro benzene ring substituents is 1. The van der Waals surface area contributed by atoms with Crippen molar-refractivity contribution in [1.82, 2.24) is 15.6 Å². The lowest BCUT2D eigenvalue weighted by Crippen LogP contribution is -2.34. The van der Waals surface area contributed by atoms with Crippen molar-refractivity contribution >= 4 is 29.3 Å². The van der Waals surface area contributed by atoms with Gasteiger partial charge in [-0.1, -0.05) is 29.8 Å². The number of alkyl carbamates (subject to hydrolysis) is 1. The molecule has 3 aromatic rings. The van der Waals surface area contributed by atoms with Gasteiger partial charge in [-0.05, 0) is 45.7 Å². The predicted octanol–water partition coefficient (Wildman–Crippen LogP) is 5.69. The van der Waals surface area contributed by atoms with Crippen LogP contribution in [0.4, 0.5) is 10.5 Å². The van der Waals surface area contributed by atoms with Crippen LogP contribution in [0.5, 0.6) is 5.75 Å². The number of nitro benzene ring substituents is 1. The smallest absolute Gasteiger partial charge is 0.407 e. The molecule has 0 aliphatic carbocycles. The minimum atomic E-state index is -0.712. The molecule has 0 saturated heterocycles. The predicted molar refractivity (Wildman–Crippen MR) is 140 cm³/mol. The second-order valence-corrected chi connectivity index (χ2v) is 9.69. The Morgan fingerprint density at radius 3 is 2.63 bits per heavy atom. The maximum absolute atomic E-state index is 13.2. The molecule has 0 bridgehead atoms. The second kappa shape index (κ2) is 12.4. The average molecular weight is 545 g/mol. The largest absolute Gasteiger partial charge is 0.496 e. The van der Waals surface area contributed by atoms with E-state index in [9.17, 15) is 19.7 Å². The quantitative estimate of drug-likeness (QED) is 0.188. The van der Waals surface area contributed by atoms with Crippen molar-refractivity contribution in [2.75, 3.05) is 13.7 Å². The lowest BCUT2D eigenvalue weighted by atomic mass is 10.1. The van der Waals surface area contributed by atoms with E-state index < -0.39 is 28.6 Å². The summed E-state index contributed by atoms with van der Waals surface area (Å²) < 4.78 is 16.4. The first kappa shape index (κ1) is 28.5. The van der Waals surface area contributed by atoms with Crippen LogP contribution in [0.25, 0.3) is 11.3 Å². The zero-order valence-electron chi connectivity index (χ0n) is 21.4. The third-order valence-electron chi connectivity index (χ3n) is 5.23. The number of nitrogens with zero attached hydrogens (tertiary/aromatic N) is 2. The fraction of sp³-hybridized carbons (Fsp3) is 0.346. The molecule has 0 fully saturated rings. The number of ether oxygens (including phenoxy) is 2. The van der Waals surface area contributed by atoms with Gasteiger partial charge in [0.2, 0.25) is 5.89 Å². The first-order valence-electron chi connectivity index (χ1n) is 11.8. The fourth-order valence-electron chi connectivity index (χ4n) is 3.55. The summed E-state index contributed by atoms with van der Waals surface area (Å²) in [6.45, 7) is 5.57. The molecule has 0 aliphatic heterocycles. The standard InChI is InChI=1S/C26H29ClN4O7/c1-26(2,3)38-25(33)28-13-7-11-19(30-23(32)22-18(27)10-6-12-20(22)36-4)24-29-15-21(37-24)16-8-5-9-17(14-16)31(34)35/h5-6,8-10,12,14-15,19H,7,11,13H2,1-4H3,(H,28,33)(H,30,32). The normalized spacial score (nSPS) is 11.9. The highest BCUT2D eigenvalue weighted by Crippen LogP contribution is 2.30. The van der Waals surface area contributed by atoms with E-state index in [0.29, 0.717) is 29.9 Å². The number of nitro groups is 1. The van der Waals surface area contributed by atoms with E-state index in [1.807, 2.05) is 0 Å². The van der Waals surface area contributed by atoms with E-state index in [0.717, 1.165) is 0 Å². The van der Waals surface area contributed by atoms with Crippen LogP contribution in [-0.4, -0.2) is 41.2 Å². The number of hydrogen-bond donors (Lipinski definition) is 2. The van der Waals surface area contributed by atoms with E-state index in [1.165, 1.54) is 25.4 Å². The molecule has 2 amide bonds. The summed E-state index contributed by atoms with van der Waals surface area (Å²) in [6.07, 6.45) is 1.66. The maximum atomic E-state index is 13.2. The van der Waals surface area contributed by atoms with Crippen molar-refractivity contribution in [1.29, 1.82) is 0 Å². The van der Waals surface area contributed by atoms with Gasteiger partial charge in [0.1, 0.15) is 17.4 Å². The number of nitrogens with one attached hydrogen (secondary N) is 2. The van der Waals surface area contributed by atoms with Crippen molar-refractivity contribution in [2.24, 2.45) is 0 Å². The highest BCUT2D eigenvalue weighted by Gasteiger charge is 2.25. The summed E-state index contributed by atoms with van der Waals surface area (Å²) in [5, 5.41) is 16.9. The number of carbonyl (C=O) groups is 2. The molecule has 202 valence electrons. The summed E-state index contributed by atoms with van der Waals surface area (Å²) in [7, 11) is 1.43. The van der Waals surface area contributed by atoms with Crippen LogP contribution in [0.3, 0.4) is 0 Å². The molecule has 0 radical (unpaired) electrons. The van der Waals surface area contributed by atoms with Gasteiger partial charge in [-0.15, -0.1) is 0 Å². The molecule has 1 heterocycles. The molecule has 0 saturated carbocycles. The monoisotopic (exact) mass is 544 g/mol. The van der Waals surface area contributed by atoms with Crippen LogP contribution < -0.4 is 15.4 Å². The van der Waals surface area contributed by atoms with Crippen molar-refractivity contribution < 1.29 is 28.4 Å². The molecular formula is C26H29ClN4O7. The highest BCUT2D eigenvalue weighted by atomic mass is 35.5. The Hall–Kier alpha value is -4.12. The van der Waals surface area contributed by atoms with Gasteiger partial charge >= 0.3 is 6.09 Å². The molecule has 1 aromatic heterocycles. The number of aromatic nitrogens is 1. The molecule has 2 aromatic carbocycles. The van der Waals surface area contributed by atoms with Gasteiger partial charge in [0, 0.05) is 24.2 Å². The molecule has 2 N–H and O–H groups in total. The molecule has 12 heteroatoms. The van der Waals surface area contributed by atoms with Gasteiger partial charge in [0.15, 0.2) is 5.76 Å². The van der Waals surface area contributed by atoms with Crippen LogP contribution >= 0.6 is 11.6 Å². The van der Waals surface area contributed by atoms with Gasteiger partial charge in [-0.3, -0.25) is 14.9 Å². The van der Waals surface area contributed by atoms with Crippen molar-refractivity contribution in [3.63, 3.8) is 0 Å². The zero-order chi connectivity index (χ0) is 27.9. The third kappa shape index (κ3) is 7.69. The van der Waals surface area contributed by atoms with Crippen LogP contribution in [0.1, 0.15) is 55.9 Å². The molecule has 3 rings (SSSR count). The van der Waals surface area contributed by atoms with Crippen molar-refractivity contribution in [3.05, 3.63) is 75.3 Å². The number of methoxy groups -OCH3 is 1. The van der Waals surface area contributed by atoms with Gasteiger partial charge in [-0.25, -0.2) is 9.78 Å². The average Bonchev–Trinajstić information content (AvgIpc) is 3.35. The Bertz CT molecular complexity index is 1300. The molecule has 1 atom stereocenters. The minimum Gasteiger partial charge on any atom is -0.496 e. The maximum Gasteiger partial charge on any atom is 0.407 e. The number of amides is 2. The fourth-order valence-corrected chi connectivity index (χ4v) is 3.80. The lowest BCUT2D eigenvalue weighted by Gasteiger charge is -2.20. The summed E-state index contributed by atoms with van der Waals surface area (Å²) >= 11 is 6.28. The van der Waals surface area contributed by atoms with Gasteiger partial charge in [0.05, 0.1) is 28.8 Å². The molecule has 11 nitrogen and oxygen atoms in total. The van der Waals surface area contributed by atoms with Crippen LogP contribution in [0, 0.1) is 10.1 Å². The van der Waals surface area contributed by atoms with Crippen molar-refractivity contribution in [3.8, 4) is 17.1 Å². The Balaban J connectivity index is 1.81. The van der Waals surface area contributed by atoms with E-state index in [1.54, 1.807) is 51.1 Å². The Labute approximate surface area is 224 Å². The molecule has 1 unspecified atom stereocenters. The van der Waals surface area contributed by atoms with Gasteiger partial charge in [-0.2, -0.15) is 0 Å². The molecular weight excluding hydrogens is 516 g/mol. The summed E-state index contributed by atoms with van der Waals surface area (Å²) in [4.78, 5) is 40.2. The second-order valence-electron chi connectivity index (χ2n) is 9.28. The van der Waals surface area contributed by atoms with E-state index in [2.05, 4.69) is 15.6 Å². The Morgan fingerprint density at radius 2 is 1.95 bits per heavy atom. The number of hydrogen-bond acceptors (Lipinski definition) is 8.